The fourth-order valence-electron chi connectivity index (χ4n) is 2.51. The third kappa shape index (κ3) is 1.79. The first kappa shape index (κ1) is 12.6. The monoisotopic (exact) mass is 253 g/mol. The van der Waals surface area contributed by atoms with E-state index in [2.05, 4.69) is 0 Å². The molecular formula is C13H19NO2S. The molecule has 0 spiro atoms. The third-order valence-electron chi connectivity index (χ3n) is 3.86. The Morgan fingerprint density at radius 3 is 2.41 bits per heavy atom. The summed E-state index contributed by atoms with van der Waals surface area (Å²) in [6, 6.07) is 6.78. The highest BCUT2D eigenvalue weighted by Gasteiger charge is 2.52. The van der Waals surface area contributed by atoms with Gasteiger partial charge in [-0.3, -0.25) is 0 Å². The summed E-state index contributed by atoms with van der Waals surface area (Å²) in [5.41, 5.74) is 6.88. The molecule has 1 aromatic rings. The predicted molar refractivity (Wildman–Crippen MR) is 68.6 cm³/mol. The molecule has 0 aromatic heterocycles. The van der Waals surface area contributed by atoms with Crippen LogP contribution in [0.15, 0.2) is 29.2 Å². The number of nitrogens with two attached hydrogens (primary N) is 1. The maximum atomic E-state index is 12.7. The van der Waals surface area contributed by atoms with Gasteiger partial charge in [-0.1, -0.05) is 18.6 Å². The zero-order valence-corrected chi connectivity index (χ0v) is 11.1. The van der Waals surface area contributed by atoms with E-state index in [1.807, 2.05) is 13.0 Å². The Morgan fingerprint density at radius 1 is 1.35 bits per heavy atom. The molecule has 17 heavy (non-hydrogen) atoms. The molecule has 0 radical (unpaired) electrons. The van der Waals surface area contributed by atoms with Crippen molar-refractivity contribution in [3.8, 4) is 0 Å². The summed E-state index contributed by atoms with van der Waals surface area (Å²) in [5, 5.41) is 0. The molecule has 4 heteroatoms. The molecule has 3 nitrogen and oxygen atoms in total. The Balaban J connectivity index is 2.50. The van der Waals surface area contributed by atoms with Crippen molar-refractivity contribution in [1.82, 2.24) is 0 Å². The molecule has 94 valence electrons. The summed E-state index contributed by atoms with van der Waals surface area (Å²) >= 11 is 0. The first-order chi connectivity index (χ1) is 7.90. The molecule has 2 N–H and O–H groups in total. The van der Waals surface area contributed by atoms with Crippen molar-refractivity contribution in [2.24, 2.45) is 5.73 Å². The van der Waals surface area contributed by atoms with Crippen LogP contribution in [0.4, 0.5) is 0 Å². The Hall–Kier alpha value is -0.870. The van der Waals surface area contributed by atoms with Gasteiger partial charge < -0.3 is 5.73 Å². The highest BCUT2D eigenvalue weighted by molar-refractivity contribution is 7.93. The summed E-state index contributed by atoms with van der Waals surface area (Å²) in [6.45, 7) is 3.70. The van der Waals surface area contributed by atoms with Crippen LogP contribution in [-0.2, 0) is 9.84 Å². The van der Waals surface area contributed by atoms with Gasteiger partial charge in [0, 0.05) is 6.04 Å². The van der Waals surface area contributed by atoms with Crippen molar-refractivity contribution in [2.45, 2.75) is 48.8 Å². The third-order valence-corrected chi connectivity index (χ3v) is 6.59. The molecular weight excluding hydrogens is 234 g/mol. The van der Waals surface area contributed by atoms with Crippen LogP contribution in [0.1, 0.15) is 31.7 Å². The number of hydrogen-bond acceptors (Lipinski definition) is 3. The van der Waals surface area contributed by atoms with Gasteiger partial charge in [0.2, 0.25) is 0 Å². The minimum Gasteiger partial charge on any atom is -0.327 e. The molecule has 1 aliphatic rings. The molecule has 0 aliphatic heterocycles. The number of sulfone groups is 1. The zero-order valence-electron chi connectivity index (χ0n) is 10.3. The van der Waals surface area contributed by atoms with Crippen molar-refractivity contribution < 1.29 is 8.42 Å². The summed E-state index contributed by atoms with van der Waals surface area (Å²) in [5.74, 6) is 0. The van der Waals surface area contributed by atoms with Crippen molar-refractivity contribution in [2.75, 3.05) is 0 Å². The van der Waals surface area contributed by atoms with Gasteiger partial charge in [0.15, 0.2) is 9.84 Å². The number of aryl methyl sites for hydroxylation is 1. The lowest BCUT2D eigenvalue weighted by Crippen LogP contribution is -2.56. The van der Waals surface area contributed by atoms with Crippen LogP contribution >= 0.6 is 0 Å². The quantitative estimate of drug-likeness (QED) is 0.896. The summed E-state index contributed by atoms with van der Waals surface area (Å²) in [6.07, 6.45) is 2.31. The molecule has 1 aliphatic carbocycles. The van der Waals surface area contributed by atoms with Gasteiger partial charge in [-0.15, -0.1) is 0 Å². The van der Waals surface area contributed by atoms with Crippen LogP contribution in [0.25, 0.3) is 0 Å². The average molecular weight is 253 g/mol. The van der Waals surface area contributed by atoms with E-state index in [1.165, 1.54) is 0 Å². The van der Waals surface area contributed by atoms with Crippen LogP contribution < -0.4 is 5.73 Å². The zero-order chi connectivity index (χ0) is 12.7. The highest BCUT2D eigenvalue weighted by atomic mass is 32.2. The van der Waals surface area contributed by atoms with E-state index >= 15 is 0 Å². The Kier molecular flexibility index (Phi) is 3.04. The van der Waals surface area contributed by atoms with E-state index in [1.54, 1.807) is 25.1 Å². The molecule has 0 amide bonds. The van der Waals surface area contributed by atoms with Crippen LogP contribution in [0, 0.1) is 6.92 Å². The number of benzene rings is 1. The molecule has 1 unspecified atom stereocenters. The van der Waals surface area contributed by atoms with Gasteiger partial charge >= 0.3 is 0 Å². The van der Waals surface area contributed by atoms with E-state index in [4.69, 9.17) is 5.73 Å². The lowest BCUT2D eigenvalue weighted by molar-refractivity contribution is 0.296. The lowest BCUT2D eigenvalue weighted by atomic mass is 9.79. The van der Waals surface area contributed by atoms with Gasteiger partial charge in [-0.25, -0.2) is 8.42 Å². The lowest BCUT2D eigenvalue weighted by Gasteiger charge is -2.44. The largest absolute Gasteiger partial charge is 0.327 e. The van der Waals surface area contributed by atoms with Crippen molar-refractivity contribution in [1.29, 1.82) is 0 Å². The molecule has 1 atom stereocenters. The fraction of sp³-hybridized carbons (Fsp3) is 0.538. The molecule has 0 bridgehead atoms. The smallest absolute Gasteiger partial charge is 0.185 e. The van der Waals surface area contributed by atoms with Gasteiger partial charge in [0.1, 0.15) is 0 Å². The summed E-state index contributed by atoms with van der Waals surface area (Å²) < 4.78 is 24.6. The van der Waals surface area contributed by atoms with Crippen molar-refractivity contribution >= 4 is 9.84 Å². The molecule has 0 heterocycles. The maximum absolute atomic E-state index is 12.7. The van der Waals surface area contributed by atoms with E-state index < -0.39 is 14.6 Å². The number of rotatable bonds is 3. The Morgan fingerprint density at radius 2 is 2.00 bits per heavy atom. The van der Waals surface area contributed by atoms with Crippen molar-refractivity contribution in [3.05, 3.63) is 29.8 Å². The number of hydrogen-bond donors (Lipinski definition) is 1. The Labute approximate surface area is 103 Å². The van der Waals surface area contributed by atoms with Crippen LogP contribution in [0.3, 0.4) is 0 Å². The van der Waals surface area contributed by atoms with Crippen LogP contribution in [0.5, 0.6) is 0 Å². The van der Waals surface area contributed by atoms with Gasteiger partial charge in [0.05, 0.1) is 9.64 Å². The highest BCUT2D eigenvalue weighted by Crippen LogP contribution is 2.44. The SMILES string of the molecule is Cc1cccc(S(=O)(=O)C2(C(C)N)CCC2)c1. The van der Waals surface area contributed by atoms with E-state index in [0.29, 0.717) is 17.7 Å². The van der Waals surface area contributed by atoms with E-state index in [0.717, 1.165) is 12.0 Å². The van der Waals surface area contributed by atoms with E-state index in [-0.39, 0.29) is 6.04 Å². The average Bonchev–Trinajstić information content (AvgIpc) is 2.14. The van der Waals surface area contributed by atoms with Gasteiger partial charge in [0.25, 0.3) is 0 Å². The van der Waals surface area contributed by atoms with E-state index in [9.17, 15) is 8.42 Å². The Bertz CT molecular complexity index is 516. The molecule has 2 rings (SSSR count). The second-order valence-corrected chi connectivity index (χ2v) is 7.32. The fourth-order valence-corrected chi connectivity index (χ4v) is 4.90. The standard InChI is InChI=1S/C13H19NO2S/c1-10-5-3-6-12(9-10)17(15,16)13(11(2)14)7-4-8-13/h3,5-6,9,11H,4,7-8,14H2,1-2H3. The maximum Gasteiger partial charge on any atom is 0.185 e. The molecule has 1 aromatic carbocycles. The topological polar surface area (TPSA) is 60.2 Å². The normalized spacial score (nSPS) is 20.6. The summed E-state index contributed by atoms with van der Waals surface area (Å²) in [7, 11) is -3.31. The summed E-state index contributed by atoms with van der Waals surface area (Å²) in [4.78, 5) is 0.412. The molecule has 1 fully saturated rings. The second-order valence-electron chi connectivity index (χ2n) is 5.03. The first-order valence-corrected chi connectivity index (χ1v) is 7.45. The van der Waals surface area contributed by atoms with Gasteiger partial charge in [-0.2, -0.15) is 0 Å². The molecule has 0 saturated heterocycles. The minimum atomic E-state index is -3.31. The minimum absolute atomic E-state index is 0.318. The van der Waals surface area contributed by atoms with Crippen LogP contribution in [0.2, 0.25) is 0 Å². The van der Waals surface area contributed by atoms with Gasteiger partial charge in [-0.05, 0) is 44.4 Å². The van der Waals surface area contributed by atoms with Crippen LogP contribution in [-0.4, -0.2) is 19.2 Å². The predicted octanol–water partition coefficient (Wildman–Crippen LogP) is 2.04. The first-order valence-electron chi connectivity index (χ1n) is 5.97. The van der Waals surface area contributed by atoms with Crippen molar-refractivity contribution in [3.63, 3.8) is 0 Å². The second kappa shape index (κ2) is 4.10. The molecule has 1 saturated carbocycles.